The first kappa shape index (κ1) is 12.3. The third-order valence-corrected chi connectivity index (χ3v) is 2.89. The van der Waals surface area contributed by atoms with Crippen LogP contribution in [0.2, 0.25) is 0 Å². The SMILES string of the molecule is COc1ccc(Oc2cc(=O)c3ccccc3o2)cc1. The van der Waals surface area contributed by atoms with Crippen LogP contribution in [0.5, 0.6) is 17.4 Å². The predicted octanol–water partition coefficient (Wildman–Crippen LogP) is 3.59. The van der Waals surface area contributed by atoms with E-state index in [1.54, 1.807) is 49.6 Å². The van der Waals surface area contributed by atoms with Gasteiger partial charge < -0.3 is 13.9 Å². The quantitative estimate of drug-likeness (QED) is 0.728. The van der Waals surface area contributed by atoms with Crippen molar-refractivity contribution in [1.29, 1.82) is 0 Å². The Morgan fingerprint density at radius 3 is 2.40 bits per heavy atom. The maximum atomic E-state index is 11.9. The van der Waals surface area contributed by atoms with Gasteiger partial charge >= 0.3 is 0 Å². The van der Waals surface area contributed by atoms with Gasteiger partial charge in [-0.3, -0.25) is 4.79 Å². The minimum absolute atomic E-state index is 0.129. The zero-order valence-corrected chi connectivity index (χ0v) is 10.8. The lowest BCUT2D eigenvalue weighted by Crippen LogP contribution is -2.00. The summed E-state index contributed by atoms with van der Waals surface area (Å²) in [5, 5.41) is 0.537. The second-order valence-corrected chi connectivity index (χ2v) is 4.20. The van der Waals surface area contributed by atoms with Crippen LogP contribution in [-0.4, -0.2) is 7.11 Å². The average Bonchev–Trinajstić information content (AvgIpc) is 2.48. The molecule has 3 rings (SSSR count). The van der Waals surface area contributed by atoms with Crippen molar-refractivity contribution < 1.29 is 13.9 Å². The molecule has 4 heteroatoms. The number of hydrogen-bond acceptors (Lipinski definition) is 4. The highest BCUT2D eigenvalue weighted by molar-refractivity contribution is 5.76. The smallest absolute Gasteiger partial charge is 0.294 e. The van der Waals surface area contributed by atoms with E-state index in [4.69, 9.17) is 13.9 Å². The zero-order valence-electron chi connectivity index (χ0n) is 10.8. The van der Waals surface area contributed by atoms with Gasteiger partial charge in [-0.15, -0.1) is 0 Å². The van der Waals surface area contributed by atoms with E-state index >= 15 is 0 Å². The van der Waals surface area contributed by atoms with Crippen LogP contribution in [0.15, 0.2) is 63.8 Å². The number of methoxy groups -OCH3 is 1. The van der Waals surface area contributed by atoms with Crippen LogP contribution in [0.25, 0.3) is 11.0 Å². The van der Waals surface area contributed by atoms with Crippen molar-refractivity contribution in [2.45, 2.75) is 0 Å². The molecule has 0 saturated carbocycles. The molecule has 100 valence electrons. The molecule has 2 aromatic carbocycles. The van der Waals surface area contributed by atoms with E-state index in [9.17, 15) is 4.79 Å². The molecule has 0 aliphatic rings. The fraction of sp³-hybridized carbons (Fsp3) is 0.0625. The van der Waals surface area contributed by atoms with E-state index in [1.807, 2.05) is 6.07 Å². The number of rotatable bonds is 3. The average molecular weight is 268 g/mol. The minimum Gasteiger partial charge on any atom is -0.497 e. The van der Waals surface area contributed by atoms with Crippen molar-refractivity contribution >= 4 is 11.0 Å². The molecule has 0 radical (unpaired) electrons. The molecule has 0 bridgehead atoms. The first-order valence-electron chi connectivity index (χ1n) is 6.11. The summed E-state index contributed by atoms with van der Waals surface area (Å²) in [5.41, 5.74) is 0.374. The number of hydrogen-bond donors (Lipinski definition) is 0. The molecule has 0 aliphatic heterocycles. The van der Waals surface area contributed by atoms with Gasteiger partial charge in [-0.1, -0.05) is 12.1 Å². The second kappa shape index (κ2) is 5.09. The molecule has 0 unspecified atom stereocenters. The Bertz CT molecular complexity index is 787. The number of ether oxygens (including phenoxy) is 2. The van der Waals surface area contributed by atoms with Crippen LogP contribution in [-0.2, 0) is 0 Å². The molecule has 3 aromatic rings. The molecule has 1 aromatic heterocycles. The van der Waals surface area contributed by atoms with Crippen LogP contribution in [0, 0.1) is 0 Å². The van der Waals surface area contributed by atoms with Crippen molar-refractivity contribution in [1.82, 2.24) is 0 Å². The minimum atomic E-state index is -0.129. The van der Waals surface area contributed by atoms with E-state index in [1.165, 1.54) is 6.07 Å². The van der Waals surface area contributed by atoms with Crippen molar-refractivity contribution in [2.75, 3.05) is 7.11 Å². The third kappa shape index (κ3) is 2.36. The lowest BCUT2D eigenvalue weighted by Gasteiger charge is -2.06. The van der Waals surface area contributed by atoms with Gasteiger partial charge in [0.1, 0.15) is 17.1 Å². The van der Waals surface area contributed by atoms with Crippen molar-refractivity contribution in [2.24, 2.45) is 0 Å². The number of fused-ring (bicyclic) bond motifs is 1. The van der Waals surface area contributed by atoms with Gasteiger partial charge in [-0.2, -0.15) is 0 Å². The summed E-state index contributed by atoms with van der Waals surface area (Å²) in [5.74, 6) is 1.47. The molecular formula is C16H12O4. The molecule has 4 nitrogen and oxygen atoms in total. The first-order chi connectivity index (χ1) is 9.76. The van der Waals surface area contributed by atoms with Crippen LogP contribution in [0.1, 0.15) is 0 Å². The molecule has 0 saturated heterocycles. The normalized spacial score (nSPS) is 10.4. The van der Waals surface area contributed by atoms with Gasteiger partial charge in [0.2, 0.25) is 0 Å². The van der Waals surface area contributed by atoms with E-state index in [0.29, 0.717) is 16.7 Å². The molecule has 0 spiro atoms. The molecule has 0 aliphatic carbocycles. The molecule has 0 fully saturated rings. The Labute approximate surface area is 115 Å². The van der Waals surface area contributed by atoms with E-state index in [-0.39, 0.29) is 11.4 Å². The zero-order chi connectivity index (χ0) is 13.9. The van der Waals surface area contributed by atoms with E-state index < -0.39 is 0 Å². The van der Waals surface area contributed by atoms with Gasteiger partial charge in [-0.05, 0) is 36.4 Å². The highest BCUT2D eigenvalue weighted by Gasteiger charge is 2.06. The molecular weight excluding hydrogens is 256 g/mol. The summed E-state index contributed by atoms with van der Waals surface area (Å²) in [6, 6.07) is 15.4. The molecule has 0 N–H and O–H groups in total. The van der Waals surface area contributed by atoms with Gasteiger partial charge in [0, 0.05) is 0 Å². The van der Waals surface area contributed by atoms with E-state index in [0.717, 1.165) is 5.75 Å². The summed E-state index contributed by atoms with van der Waals surface area (Å²) in [4.78, 5) is 11.9. The van der Waals surface area contributed by atoms with Gasteiger partial charge in [-0.25, -0.2) is 0 Å². The summed E-state index contributed by atoms with van der Waals surface area (Å²) < 4.78 is 16.2. The summed E-state index contributed by atoms with van der Waals surface area (Å²) in [7, 11) is 1.60. The summed E-state index contributed by atoms with van der Waals surface area (Å²) in [6.07, 6.45) is 0. The second-order valence-electron chi connectivity index (χ2n) is 4.20. The van der Waals surface area contributed by atoms with E-state index in [2.05, 4.69) is 0 Å². The maximum absolute atomic E-state index is 11.9. The van der Waals surface area contributed by atoms with Crippen molar-refractivity contribution in [3.05, 3.63) is 64.8 Å². The monoisotopic (exact) mass is 268 g/mol. The Morgan fingerprint density at radius 2 is 1.65 bits per heavy atom. The number of para-hydroxylation sites is 1. The van der Waals surface area contributed by atoms with Crippen molar-refractivity contribution in [3.63, 3.8) is 0 Å². The molecule has 1 heterocycles. The molecule has 0 atom stereocenters. The lowest BCUT2D eigenvalue weighted by atomic mass is 10.2. The van der Waals surface area contributed by atoms with Gasteiger partial charge in [0.05, 0.1) is 18.6 Å². The summed E-state index contributed by atoms with van der Waals surface area (Å²) in [6.45, 7) is 0. The maximum Gasteiger partial charge on any atom is 0.294 e. The topological polar surface area (TPSA) is 48.7 Å². The van der Waals surface area contributed by atoms with Crippen LogP contribution in [0.3, 0.4) is 0 Å². The largest absolute Gasteiger partial charge is 0.497 e. The molecule has 20 heavy (non-hydrogen) atoms. The fourth-order valence-corrected chi connectivity index (χ4v) is 1.89. The highest BCUT2D eigenvalue weighted by atomic mass is 16.6. The van der Waals surface area contributed by atoms with Crippen molar-refractivity contribution in [3.8, 4) is 17.4 Å². The first-order valence-corrected chi connectivity index (χ1v) is 6.11. The van der Waals surface area contributed by atoms with Crippen LogP contribution < -0.4 is 14.9 Å². The highest BCUT2D eigenvalue weighted by Crippen LogP contribution is 2.25. The van der Waals surface area contributed by atoms with Gasteiger partial charge in [0.25, 0.3) is 5.95 Å². The van der Waals surface area contributed by atoms with Gasteiger partial charge in [0.15, 0.2) is 5.43 Å². The third-order valence-electron chi connectivity index (χ3n) is 2.89. The fourth-order valence-electron chi connectivity index (χ4n) is 1.89. The lowest BCUT2D eigenvalue weighted by molar-refractivity contribution is 0.352. The van der Waals surface area contributed by atoms with Crippen LogP contribution >= 0.6 is 0 Å². The molecule has 0 amide bonds. The number of benzene rings is 2. The Morgan fingerprint density at radius 1 is 0.950 bits per heavy atom. The predicted molar refractivity (Wildman–Crippen MR) is 75.6 cm³/mol. The Hall–Kier alpha value is -2.75. The summed E-state index contributed by atoms with van der Waals surface area (Å²) >= 11 is 0. The van der Waals surface area contributed by atoms with Crippen LogP contribution in [0.4, 0.5) is 0 Å². The Balaban J connectivity index is 1.96. The standard InChI is InChI=1S/C16H12O4/c1-18-11-6-8-12(9-7-11)19-16-10-14(17)13-4-2-3-5-15(13)20-16/h2-10H,1H3. The Kier molecular flexibility index (Phi) is 3.13.